The van der Waals surface area contributed by atoms with E-state index in [2.05, 4.69) is 10.6 Å². The minimum atomic E-state index is -1.03. The lowest BCUT2D eigenvalue weighted by atomic mass is 10.1. The number of rotatable bonds is 6. The normalized spacial score (nSPS) is 12.0. The van der Waals surface area contributed by atoms with Crippen LogP contribution in [0.5, 0.6) is 0 Å². The summed E-state index contributed by atoms with van der Waals surface area (Å²) in [6.07, 6.45) is 0. The summed E-state index contributed by atoms with van der Waals surface area (Å²) in [7, 11) is 0. The van der Waals surface area contributed by atoms with Gasteiger partial charge in [-0.1, -0.05) is 18.2 Å². The van der Waals surface area contributed by atoms with E-state index in [0.29, 0.717) is 0 Å². The van der Waals surface area contributed by atoms with E-state index in [1.54, 1.807) is 12.1 Å². The molecular weight excluding hydrogens is 361 g/mol. The average molecular weight is 376 g/mol. The summed E-state index contributed by atoms with van der Waals surface area (Å²) < 4.78 is 39.3. The fraction of sp³-hybridized carbons (Fsp3) is 0.105. The molecule has 2 N–H and O–H groups in total. The monoisotopic (exact) mass is 376 g/mol. The summed E-state index contributed by atoms with van der Waals surface area (Å²) in [6.45, 7) is -0.0566. The van der Waals surface area contributed by atoms with Crippen molar-refractivity contribution >= 4 is 22.9 Å². The first-order chi connectivity index (χ1) is 12.5. The molecule has 1 amide bonds. The van der Waals surface area contributed by atoms with E-state index in [-0.39, 0.29) is 24.1 Å². The van der Waals surface area contributed by atoms with Crippen LogP contribution in [0.2, 0.25) is 0 Å². The van der Waals surface area contributed by atoms with Crippen LogP contribution in [0.4, 0.5) is 18.9 Å². The van der Waals surface area contributed by atoms with Crippen LogP contribution in [0.25, 0.3) is 0 Å². The Balaban J connectivity index is 1.68. The Morgan fingerprint density at radius 1 is 1.00 bits per heavy atom. The van der Waals surface area contributed by atoms with E-state index < -0.39 is 17.5 Å². The second-order valence-electron chi connectivity index (χ2n) is 5.56. The van der Waals surface area contributed by atoms with E-state index in [4.69, 9.17) is 0 Å². The van der Waals surface area contributed by atoms with Gasteiger partial charge in [0.2, 0.25) is 5.91 Å². The van der Waals surface area contributed by atoms with Gasteiger partial charge >= 0.3 is 0 Å². The minimum absolute atomic E-state index is 0.0566. The molecule has 0 saturated heterocycles. The van der Waals surface area contributed by atoms with Crippen LogP contribution in [-0.2, 0) is 4.79 Å². The Hall–Kier alpha value is -2.64. The fourth-order valence-corrected chi connectivity index (χ4v) is 3.29. The minimum Gasteiger partial charge on any atom is -0.325 e. The molecule has 3 rings (SSSR count). The number of nitrogens with one attached hydrogen (secondary N) is 2. The maximum atomic E-state index is 13.2. The molecule has 7 heteroatoms. The molecular formula is C19H15F3N2OS. The van der Waals surface area contributed by atoms with Crippen LogP contribution in [0.1, 0.15) is 16.5 Å². The van der Waals surface area contributed by atoms with Crippen molar-refractivity contribution in [3.05, 3.63) is 87.9 Å². The summed E-state index contributed by atoms with van der Waals surface area (Å²) in [5.74, 6) is -2.75. The molecule has 1 unspecified atom stereocenters. The van der Waals surface area contributed by atoms with Crippen LogP contribution < -0.4 is 10.6 Å². The van der Waals surface area contributed by atoms with E-state index in [0.717, 1.165) is 22.6 Å². The Labute approximate surface area is 152 Å². The Kier molecular flexibility index (Phi) is 5.70. The molecule has 0 spiro atoms. The number of anilines is 1. The molecule has 1 aromatic heterocycles. The van der Waals surface area contributed by atoms with Gasteiger partial charge in [-0.05, 0) is 41.3 Å². The summed E-state index contributed by atoms with van der Waals surface area (Å²) >= 11 is 1.51. The van der Waals surface area contributed by atoms with E-state index in [1.807, 2.05) is 17.5 Å². The van der Waals surface area contributed by atoms with Gasteiger partial charge in [0.15, 0.2) is 11.6 Å². The number of thiophene rings is 1. The predicted molar refractivity (Wildman–Crippen MR) is 95.6 cm³/mol. The first kappa shape index (κ1) is 18.2. The third-order valence-electron chi connectivity index (χ3n) is 3.70. The highest BCUT2D eigenvalue weighted by Gasteiger charge is 2.16. The number of amides is 1. The van der Waals surface area contributed by atoms with Gasteiger partial charge in [-0.25, -0.2) is 13.2 Å². The first-order valence-corrected chi connectivity index (χ1v) is 8.68. The molecule has 3 aromatic rings. The fourth-order valence-electron chi connectivity index (χ4n) is 2.47. The molecule has 0 aliphatic heterocycles. The van der Waals surface area contributed by atoms with Gasteiger partial charge in [0.1, 0.15) is 5.82 Å². The van der Waals surface area contributed by atoms with Gasteiger partial charge < -0.3 is 5.32 Å². The molecule has 2 aromatic carbocycles. The molecule has 1 heterocycles. The van der Waals surface area contributed by atoms with Crippen LogP contribution in [-0.4, -0.2) is 12.5 Å². The highest BCUT2D eigenvalue weighted by Crippen LogP contribution is 2.26. The smallest absolute Gasteiger partial charge is 0.238 e. The molecule has 3 nitrogen and oxygen atoms in total. The molecule has 0 saturated carbocycles. The lowest BCUT2D eigenvalue weighted by molar-refractivity contribution is -0.115. The number of hydrogen-bond donors (Lipinski definition) is 2. The zero-order valence-electron chi connectivity index (χ0n) is 13.5. The van der Waals surface area contributed by atoms with E-state index >= 15 is 0 Å². The van der Waals surface area contributed by atoms with Gasteiger partial charge in [-0.3, -0.25) is 10.1 Å². The van der Waals surface area contributed by atoms with Crippen molar-refractivity contribution in [2.45, 2.75) is 6.04 Å². The highest BCUT2D eigenvalue weighted by molar-refractivity contribution is 7.10. The second kappa shape index (κ2) is 8.16. The number of carbonyl (C=O) groups excluding carboxylic acids is 1. The number of hydrogen-bond acceptors (Lipinski definition) is 3. The van der Waals surface area contributed by atoms with Crippen LogP contribution in [0.3, 0.4) is 0 Å². The summed E-state index contributed by atoms with van der Waals surface area (Å²) in [6, 6.07) is 12.7. The van der Waals surface area contributed by atoms with Gasteiger partial charge in [0.25, 0.3) is 0 Å². The molecule has 134 valence electrons. The Morgan fingerprint density at radius 3 is 2.42 bits per heavy atom. The van der Waals surface area contributed by atoms with Gasteiger partial charge in [0, 0.05) is 16.6 Å². The standard InChI is InChI=1S/C19H15F3N2OS/c20-13-5-3-12(4-6-13)19(17-2-1-9-26-17)23-11-18(25)24-14-7-8-15(21)16(22)10-14/h1-10,19,23H,11H2,(H,24,25). The summed E-state index contributed by atoms with van der Waals surface area (Å²) in [4.78, 5) is 13.1. The maximum Gasteiger partial charge on any atom is 0.238 e. The molecule has 0 aliphatic rings. The predicted octanol–water partition coefficient (Wildman–Crippen LogP) is 4.48. The molecule has 26 heavy (non-hydrogen) atoms. The third-order valence-corrected chi connectivity index (χ3v) is 4.64. The van der Waals surface area contributed by atoms with E-state index in [9.17, 15) is 18.0 Å². The lowest BCUT2D eigenvalue weighted by Crippen LogP contribution is -2.31. The summed E-state index contributed by atoms with van der Waals surface area (Å²) in [5, 5.41) is 7.53. The second-order valence-corrected chi connectivity index (χ2v) is 6.54. The number of halogens is 3. The van der Waals surface area contributed by atoms with Gasteiger partial charge in [0.05, 0.1) is 12.6 Å². The molecule has 0 fully saturated rings. The van der Waals surface area contributed by atoms with Crippen molar-refractivity contribution in [1.29, 1.82) is 0 Å². The average Bonchev–Trinajstić information content (AvgIpc) is 3.14. The zero-order chi connectivity index (χ0) is 18.5. The van der Waals surface area contributed by atoms with Crippen LogP contribution >= 0.6 is 11.3 Å². The Morgan fingerprint density at radius 2 is 1.77 bits per heavy atom. The largest absolute Gasteiger partial charge is 0.325 e. The highest BCUT2D eigenvalue weighted by atomic mass is 32.1. The SMILES string of the molecule is O=C(CNC(c1ccc(F)cc1)c1cccs1)Nc1ccc(F)c(F)c1. The Bertz CT molecular complexity index is 882. The number of carbonyl (C=O) groups is 1. The molecule has 0 bridgehead atoms. The van der Waals surface area contributed by atoms with Crippen molar-refractivity contribution in [3.63, 3.8) is 0 Å². The molecule has 0 aliphatic carbocycles. The zero-order valence-corrected chi connectivity index (χ0v) is 14.3. The van der Waals surface area contributed by atoms with Crippen LogP contribution in [0.15, 0.2) is 60.0 Å². The first-order valence-electron chi connectivity index (χ1n) is 7.80. The molecule has 1 atom stereocenters. The van der Waals surface area contributed by atoms with Gasteiger partial charge in [-0.2, -0.15) is 0 Å². The van der Waals surface area contributed by atoms with Crippen molar-refractivity contribution in [2.24, 2.45) is 0 Å². The van der Waals surface area contributed by atoms with Crippen molar-refractivity contribution in [3.8, 4) is 0 Å². The van der Waals surface area contributed by atoms with Crippen LogP contribution in [0, 0.1) is 17.5 Å². The quantitative estimate of drug-likeness (QED) is 0.666. The lowest BCUT2D eigenvalue weighted by Gasteiger charge is -2.18. The summed E-state index contributed by atoms with van der Waals surface area (Å²) in [5.41, 5.74) is 0.986. The molecule has 0 radical (unpaired) electrons. The van der Waals surface area contributed by atoms with Crippen molar-refractivity contribution in [2.75, 3.05) is 11.9 Å². The topological polar surface area (TPSA) is 41.1 Å². The van der Waals surface area contributed by atoms with Gasteiger partial charge in [-0.15, -0.1) is 11.3 Å². The van der Waals surface area contributed by atoms with Crippen molar-refractivity contribution < 1.29 is 18.0 Å². The van der Waals surface area contributed by atoms with E-state index in [1.165, 1.54) is 29.5 Å². The maximum absolute atomic E-state index is 13.2. The third kappa shape index (κ3) is 4.50. The van der Waals surface area contributed by atoms with Crippen molar-refractivity contribution in [1.82, 2.24) is 5.32 Å². The number of benzene rings is 2.